The van der Waals surface area contributed by atoms with Crippen molar-refractivity contribution < 1.29 is 4.43 Å². The summed E-state index contributed by atoms with van der Waals surface area (Å²) in [4.78, 5) is 3.92. The minimum Gasteiger partial charge on any atom is -0.419 e. The summed E-state index contributed by atoms with van der Waals surface area (Å²) in [5.74, 6) is 0.366. The molecule has 2 rings (SSSR count). The highest BCUT2D eigenvalue weighted by Gasteiger charge is 2.16. The first kappa shape index (κ1) is 13.5. The topological polar surface area (TPSA) is 89.2 Å². The maximum Gasteiger partial charge on any atom is 0.167 e. The monoisotopic (exact) mass is 275 g/mol. The number of aromatic nitrogens is 3. The van der Waals surface area contributed by atoms with Crippen LogP contribution in [0.3, 0.4) is 0 Å². The summed E-state index contributed by atoms with van der Waals surface area (Å²) in [5.41, 5.74) is 7.70. The summed E-state index contributed by atoms with van der Waals surface area (Å²) in [5, 5.41) is 13.5. The Bertz CT molecular complexity index is 638. The average Bonchev–Trinajstić information content (AvgIpc) is 2.66. The van der Waals surface area contributed by atoms with E-state index in [0.29, 0.717) is 23.6 Å². The quantitative estimate of drug-likeness (QED) is 0.844. The lowest BCUT2D eigenvalue weighted by Crippen LogP contribution is -2.12. The van der Waals surface area contributed by atoms with E-state index >= 15 is 0 Å². The lowest BCUT2D eigenvalue weighted by atomic mass is 10.2. The number of rotatable bonds is 3. The number of nitriles is 1. The Labute approximate surface area is 114 Å². The fourth-order valence-electron chi connectivity index (χ4n) is 1.76. The van der Waals surface area contributed by atoms with Crippen molar-refractivity contribution in [3.8, 4) is 6.07 Å². The van der Waals surface area contributed by atoms with Crippen LogP contribution in [0.4, 0.5) is 5.82 Å². The molecule has 0 radical (unpaired) electrons. The highest BCUT2D eigenvalue weighted by molar-refractivity contribution is 6.31. The third-order valence-corrected chi connectivity index (χ3v) is 3.85. The highest BCUT2D eigenvalue weighted by atomic mass is 28.2. The molecule has 0 aliphatic rings. The Kier molecular flexibility index (Phi) is 3.55. The zero-order valence-corrected chi connectivity index (χ0v) is 12.8. The van der Waals surface area contributed by atoms with Crippen LogP contribution < -0.4 is 5.73 Å². The Balaban J connectivity index is 2.29. The molecule has 0 atom stereocenters. The second kappa shape index (κ2) is 4.99. The number of fused-ring (bicyclic) bond motifs is 1. The summed E-state index contributed by atoms with van der Waals surface area (Å²) < 4.78 is 7.30. The van der Waals surface area contributed by atoms with Gasteiger partial charge in [0.15, 0.2) is 15.6 Å². The van der Waals surface area contributed by atoms with Crippen molar-refractivity contribution >= 4 is 21.1 Å². The fourth-order valence-corrected chi connectivity index (χ4v) is 2.69. The number of hydrogen-bond acceptors (Lipinski definition) is 5. The summed E-state index contributed by atoms with van der Waals surface area (Å²) in [6, 6.07) is 3.97. The van der Waals surface area contributed by atoms with E-state index in [-0.39, 0.29) is 5.04 Å². The van der Waals surface area contributed by atoms with Crippen LogP contribution in [0.5, 0.6) is 0 Å². The van der Waals surface area contributed by atoms with Crippen LogP contribution in [0.25, 0.3) is 5.52 Å². The fraction of sp³-hybridized carbons (Fsp3) is 0.417. The summed E-state index contributed by atoms with van der Waals surface area (Å²) in [6.07, 6.45) is 1.34. The van der Waals surface area contributed by atoms with Gasteiger partial charge in [-0.15, -0.1) is 0 Å². The number of anilines is 1. The van der Waals surface area contributed by atoms with Crippen LogP contribution in [0.2, 0.25) is 5.04 Å². The van der Waals surface area contributed by atoms with E-state index in [1.54, 1.807) is 0 Å². The molecule has 0 aromatic carbocycles. The molecule has 2 aromatic heterocycles. The molecule has 0 amide bonds. The first-order valence-corrected chi connectivity index (χ1v) is 7.30. The second-order valence-electron chi connectivity index (χ2n) is 5.63. The Morgan fingerprint density at radius 2 is 2.26 bits per heavy atom. The van der Waals surface area contributed by atoms with Gasteiger partial charge in [0.25, 0.3) is 0 Å². The number of nitrogens with two attached hydrogens (primary N) is 1. The third kappa shape index (κ3) is 2.92. The molecule has 2 N–H and O–H groups in total. The van der Waals surface area contributed by atoms with Crippen molar-refractivity contribution in [2.24, 2.45) is 0 Å². The molecule has 6 nitrogen and oxygen atoms in total. The Hall–Kier alpha value is -1.91. The van der Waals surface area contributed by atoms with Crippen LogP contribution in [-0.4, -0.2) is 24.4 Å². The van der Waals surface area contributed by atoms with Gasteiger partial charge in [-0.25, -0.2) is 9.50 Å². The second-order valence-corrected chi connectivity index (χ2v) is 8.44. The van der Waals surface area contributed by atoms with Gasteiger partial charge >= 0.3 is 0 Å². The first-order valence-electron chi connectivity index (χ1n) is 6.01. The maximum absolute atomic E-state index is 9.24. The molecule has 0 saturated heterocycles. The number of nitrogen functional groups attached to an aromatic ring is 1. The molecule has 100 valence electrons. The summed E-state index contributed by atoms with van der Waals surface area (Å²) in [7, 11) is -0.649. The molecule has 0 aliphatic carbocycles. The molecular formula is C12H17N5OSi. The van der Waals surface area contributed by atoms with Gasteiger partial charge in [-0.3, -0.25) is 0 Å². The van der Waals surface area contributed by atoms with Crippen molar-refractivity contribution in [1.82, 2.24) is 14.6 Å². The van der Waals surface area contributed by atoms with Crippen LogP contribution >= 0.6 is 0 Å². The van der Waals surface area contributed by atoms with Crippen LogP contribution in [0.1, 0.15) is 32.0 Å². The lowest BCUT2D eigenvalue weighted by Gasteiger charge is -2.16. The van der Waals surface area contributed by atoms with E-state index < -0.39 is 9.76 Å². The smallest absolute Gasteiger partial charge is 0.167 e. The standard InChI is InChI=1S/C12H17N5OSi/c1-12(2,3)19-18-6-8-4-9-11(14)15-7-16-17(9)10(8)5-13/h4,7H,6,19H2,1-3H3,(H2,14,15,16). The Morgan fingerprint density at radius 1 is 1.53 bits per heavy atom. The number of hydrogen-bond donors (Lipinski definition) is 1. The molecule has 0 saturated carbocycles. The van der Waals surface area contributed by atoms with Crippen molar-refractivity contribution in [2.75, 3.05) is 5.73 Å². The van der Waals surface area contributed by atoms with Gasteiger partial charge in [-0.2, -0.15) is 10.4 Å². The predicted molar refractivity (Wildman–Crippen MR) is 75.2 cm³/mol. The zero-order valence-electron chi connectivity index (χ0n) is 11.3. The molecule has 0 fully saturated rings. The molecule has 2 aromatic rings. The van der Waals surface area contributed by atoms with E-state index in [1.807, 2.05) is 6.07 Å². The van der Waals surface area contributed by atoms with Gasteiger partial charge in [0.05, 0.1) is 6.61 Å². The van der Waals surface area contributed by atoms with Gasteiger partial charge < -0.3 is 10.2 Å². The minimum atomic E-state index is -0.649. The van der Waals surface area contributed by atoms with Crippen molar-refractivity contribution in [3.05, 3.63) is 23.7 Å². The van der Waals surface area contributed by atoms with Crippen molar-refractivity contribution in [1.29, 1.82) is 5.26 Å². The zero-order chi connectivity index (χ0) is 14.0. The molecule has 0 aliphatic heterocycles. The first-order chi connectivity index (χ1) is 8.92. The molecule has 0 bridgehead atoms. The van der Waals surface area contributed by atoms with Gasteiger partial charge in [0, 0.05) is 5.56 Å². The number of nitrogens with zero attached hydrogens (tertiary/aromatic N) is 4. The predicted octanol–water partition coefficient (Wildman–Crippen LogP) is 1.00. The largest absolute Gasteiger partial charge is 0.419 e. The van der Waals surface area contributed by atoms with Crippen LogP contribution in [0.15, 0.2) is 12.4 Å². The Morgan fingerprint density at radius 3 is 2.89 bits per heavy atom. The molecule has 7 heteroatoms. The van der Waals surface area contributed by atoms with Crippen LogP contribution in [0, 0.1) is 11.3 Å². The van der Waals surface area contributed by atoms with E-state index in [0.717, 1.165) is 5.56 Å². The highest BCUT2D eigenvalue weighted by Crippen LogP contribution is 2.23. The van der Waals surface area contributed by atoms with Gasteiger partial charge in [0.2, 0.25) is 0 Å². The molecular weight excluding hydrogens is 258 g/mol. The molecule has 2 heterocycles. The van der Waals surface area contributed by atoms with E-state index in [1.165, 1.54) is 10.8 Å². The molecule has 19 heavy (non-hydrogen) atoms. The van der Waals surface area contributed by atoms with Gasteiger partial charge in [0.1, 0.15) is 23.6 Å². The lowest BCUT2D eigenvalue weighted by molar-refractivity contribution is 0.309. The average molecular weight is 275 g/mol. The van der Waals surface area contributed by atoms with E-state index in [2.05, 4.69) is 36.9 Å². The third-order valence-electron chi connectivity index (χ3n) is 2.58. The van der Waals surface area contributed by atoms with Crippen LogP contribution in [-0.2, 0) is 11.0 Å². The molecule has 0 unspecified atom stereocenters. The van der Waals surface area contributed by atoms with Crippen molar-refractivity contribution in [2.45, 2.75) is 32.4 Å². The minimum absolute atomic E-state index is 0.227. The van der Waals surface area contributed by atoms with Gasteiger partial charge in [-0.1, -0.05) is 20.8 Å². The normalized spacial score (nSPS) is 12.3. The maximum atomic E-state index is 9.24. The summed E-state index contributed by atoms with van der Waals surface area (Å²) >= 11 is 0. The summed E-state index contributed by atoms with van der Waals surface area (Å²) in [6.45, 7) is 6.90. The van der Waals surface area contributed by atoms with Gasteiger partial charge in [-0.05, 0) is 11.1 Å². The van der Waals surface area contributed by atoms with Crippen molar-refractivity contribution in [3.63, 3.8) is 0 Å². The molecule has 0 spiro atoms. The SMILES string of the molecule is CC(C)(C)[SiH2]OCc1cc2c(N)ncnn2c1C#N. The van der Waals surface area contributed by atoms with E-state index in [9.17, 15) is 5.26 Å². The van der Waals surface area contributed by atoms with E-state index in [4.69, 9.17) is 10.2 Å².